The maximum atomic E-state index is 11.9. The molecule has 0 spiro atoms. The van der Waals surface area contributed by atoms with Gasteiger partial charge in [-0.25, -0.2) is 0 Å². The Hall–Kier alpha value is -1.84. The minimum atomic E-state index is -0.130. The number of nitrogens with one attached hydrogen (secondary N) is 1. The summed E-state index contributed by atoms with van der Waals surface area (Å²) in [5.41, 5.74) is 2.94. The number of carbonyl (C=O) groups excluding carboxylic acids is 2. The van der Waals surface area contributed by atoms with Crippen molar-refractivity contribution in [1.29, 1.82) is 0 Å². The molecule has 0 bridgehead atoms. The van der Waals surface area contributed by atoms with Crippen molar-refractivity contribution < 1.29 is 9.59 Å². The number of hydrogen-bond acceptors (Lipinski definition) is 2. The molecule has 0 fully saturated rings. The largest absolute Gasteiger partial charge is 0.354 e. The second-order valence-electron chi connectivity index (χ2n) is 5.52. The summed E-state index contributed by atoms with van der Waals surface area (Å²) in [5.74, 6) is 0.138. The van der Waals surface area contributed by atoms with E-state index in [0.29, 0.717) is 12.5 Å². The minimum absolute atomic E-state index is 0.0619. The Kier molecular flexibility index (Phi) is 5.74. The summed E-state index contributed by atoms with van der Waals surface area (Å²) in [4.78, 5) is 25.3. The molecule has 0 heterocycles. The van der Waals surface area contributed by atoms with Crippen LogP contribution < -0.4 is 10.2 Å². The van der Waals surface area contributed by atoms with Crippen LogP contribution in [0.2, 0.25) is 0 Å². The van der Waals surface area contributed by atoms with Gasteiger partial charge in [-0.15, -0.1) is 0 Å². The average Bonchev–Trinajstić information content (AvgIpc) is 2.37. The van der Waals surface area contributed by atoms with Gasteiger partial charge in [0.15, 0.2) is 0 Å². The molecule has 1 rings (SSSR count). The summed E-state index contributed by atoms with van der Waals surface area (Å²) in [6.45, 7) is 10.2. The van der Waals surface area contributed by atoms with Crippen molar-refractivity contribution in [3.63, 3.8) is 0 Å². The average molecular weight is 276 g/mol. The predicted octanol–water partition coefficient (Wildman–Crippen LogP) is 2.43. The van der Waals surface area contributed by atoms with Crippen LogP contribution in [0.4, 0.5) is 5.69 Å². The molecule has 1 aromatic carbocycles. The lowest BCUT2D eigenvalue weighted by Crippen LogP contribution is -2.41. The number of hydrogen-bond donors (Lipinski definition) is 1. The number of nitrogens with zero attached hydrogens (tertiary/aromatic N) is 1. The van der Waals surface area contributed by atoms with Crippen LogP contribution in [0.3, 0.4) is 0 Å². The number of aryl methyl sites for hydroxylation is 1. The summed E-state index contributed by atoms with van der Waals surface area (Å²) in [6, 6.07) is 5.77. The summed E-state index contributed by atoms with van der Waals surface area (Å²) in [7, 11) is 0. The van der Waals surface area contributed by atoms with Gasteiger partial charge in [-0.3, -0.25) is 9.59 Å². The van der Waals surface area contributed by atoms with E-state index in [2.05, 4.69) is 5.32 Å². The molecule has 0 aliphatic heterocycles. The normalized spacial score (nSPS) is 10.5. The lowest BCUT2D eigenvalue weighted by Gasteiger charge is -2.23. The number of anilines is 1. The maximum absolute atomic E-state index is 11.9. The predicted molar refractivity (Wildman–Crippen MR) is 81.8 cm³/mol. The third kappa shape index (κ3) is 4.37. The van der Waals surface area contributed by atoms with E-state index in [1.165, 1.54) is 11.8 Å². The molecule has 0 aromatic heterocycles. The van der Waals surface area contributed by atoms with Crippen molar-refractivity contribution in [3.8, 4) is 0 Å². The zero-order valence-corrected chi connectivity index (χ0v) is 13.0. The smallest absolute Gasteiger partial charge is 0.240 e. The number of amides is 2. The molecule has 0 aliphatic rings. The summed E-state index contributed by atoms with van der Waals surface area (Å²) >= 11 is 0. The van der Waals surface area contributed by atoms with Gasteiger partial charge in [0.2, 0.25) is 11.8 Å². The zero-order chi connectivity index (χ0) is 15.3. The number of benzene rings is 1. The molecule has 0 saturated carbocycles. The molecular weight excluding hydrogens is 252 g/mol. The van der Waals surface area contributed by atoms with Gasteiger partial charge in [-0.2, -0.15) is 0 Å². The van der Waals surface area contributed by atoms with Crippen molar-refractivity contribution in [2.45, 2.75) is 34.6 Å². The summed E-state index contributed by atoms with van der Waals surface area (Å²) < 4.78 is 0. The first-order valence-electron chi connectivity index (χ1n) is 6.94. The Morgan fingerprint density at radius 1 is 1.25 bits per heavy atom. The Bertz CT molecular complexity index is 495. The highest BCUT2D eigenvalue weighted by atomic mass is 16.2. The molecule has 1 aromatic rings. The molecule has 0 aliphatic carbocycles. The van der Waals surface area contributed by atoms with Gasteiger partial charge >= 0.3 is 0 Å². The van der Waals surface area contributed by atoms with Crippen molar-refractivity contribution >= 4 is 17.5 Å². The minimum Gasteiger partial charge on any atom is -0.354 e. The van der Waals surface area contributed by atoms with Crippen LogP contribution in [-0.4, -0.2) is 24.9 Å². The quantitative estimate of drug-likeness (QED) is 0.898. The highest BCUT2D eigenvalue weighted by Crippen LogP contribution is 2.22. The second kappa shape index (κ2) is 7.08. The SMILES string of the molecule is CC(=O)N(CC(=O)NCC(C)C)c1cccc(C)c1C. The van der Waals surface area contributed by atoms with Crippen molar-refractivity contribution in [2.24, 2.45) is 5.92 Å². The topological polar surface area (TPSA) is 49.4 Å². The highest BCUT2D eigenvalue weighted by molar-refractivity contribution is 5.98. The van der Waals surface area contributed by atoms with Crippen molar-refractivity contribution in [2.75, 3.05) is 18.0 Å². The Balaban J connectivity index is 2.87. The van der Waals surface area contributed by atoms with Gasteiger partial charge in [0, 0.05) is 19.2 Å². The van der Waals surface area contributed by atoms with Crippen LogP contribution in [-0.2, 0) is 9.59 Å². The van der Waals surface area contributed by atoms with Gasteiger partial charge < -0.3 is 10.2 Å². The molecular formula is C16H24N2O2. The van der Waals surface area contributed by atoms with Gasteiger partial charge in [0.05, 0.1) is 0 Å². The van der Waals surface area contributed by atoms with Crippen molar-refractivity contribution in [1.82, 2.24) is 5.32 Å². The van der Waals surface area contributed by atoms with E-state index in [0.717, 1.165) is 16.8 Å². The zero-order valence-electron chi connectivity index (χ0n) is 13.0. The molecule has 2 amide bonds. The molecule has 0 radical (unpaired) electrons. The number of carbonyl (C=O) groups is 2. The fraction of sp³-hybridized carbons (Fsp3) is 0.500. The third-order valence-electron chi connectivity index (χ3n) is 3.26. The molecule has 0 atom stereocenters. The standard InChI is InChI=1S/C16H24N2O2/c1-11(2)9-17-16(20)10-18(14(5)19)15-8-6-7-12(3)13(15)4/h6-8,11H,9-10H2,1-5H3,(H,17,20). The van der Waals surface area contributed by atoms with Crippen LogP contribution in [0, 0.1) is 19.8 Å². The molecule has 0 unspecified atom stereocenters. The monoisotopic (exact) mass is 276 g/mol. The first-order valence-corrected chi connectivity index (χ1v) is 6.94. The molecule has 4 nitrogen and oxygen atoms in total. The first kappa shape index (κ1) is 16.2. The van der Waals surface area contributed by atoms with E-state index < -0.39 is 0 Å². The fourth-order valence-electron chi connectivity index (χ4n) is 1.91. The Morgan fingerprint density at radius 3 is 2.45 bits per heavy atom. The molecule has 0 saturated heterocycles. The molecule has 110 valence electrons. The second-order valence-corrected chi connectivity index (χ2v) is 5.52. The van der Waals surface area contributed by atoms with E-state index in [9.17, 15) is 9.59 Å². The van der Waals surface area contributed by atoms with Gasteiger partial charge in [0.1, 0.15) is 6.54 Å². The van der Waals surface area contributed by atoms with Crippen LogP contribution in [0.1, 0.15) is 31.9 Å². The highest BCUT2D eigenvalue weighted by Gasteiger charge is 2.18. The van der Waals surface area contributed by atoms with Crippen LogP contribution in [0.25, 0.3) is 0 Å². The van der Waals surface area contributed by atoms with E-state index in [-0.39, 0.29) is 18.4 Å². The van der Waals surface area contributed by atoms with Crippen molar-refractivity contribution in [3.05, 3.63) is 29.3 Å². The van der Waals surface area contributed by atoms with E-state index in [1.807, 2.05) is 45.9 Å². The lowest BCUT2D eigenvalue weighted by atomic mass is 10.1. The van der Waals surface area contributed by atoms with E-state index >= 15 is 0 Å². The summed E-state index contributed by atoms with van der Waals surface area (Å²) in [6.07, 6.45) is 0. The number of rotatable bonds is 5. The summed E-state index contributed by atoms with van der Waals surface area (Å²) in [5, 5.41) is 2.84. The van der Waals surface area contributed by atoms with Crippen LogP contribution >= 0.6 is 0 Å². The maximum Gasteiger partial charge on any atom is 0.240 e. The fourth-order valence-corrected chi connectivity index (χ4v) is 1.91. The van der Waals surface area contributed by atoms with Gasteiger partial charge in [-0.05, 0) is 37.0 Å². The van der Waals surface area contributed by atoms with E-state index in [1.54, 1.807) is 0 Å². The first-order chi connectivity index (χ1) is 9.32. The van der Waals surface area contributed by atoms with Gasteiger partial charge in [0.25, 0.3) is 0 Å². The Labute approximate surface area is 121 Å². The lowest BCUT2D eigenvalue weighted by molar-refractivity contribution is -0.123. The van der Waals surface area contributed by atoms with Crippen LogP contribution in [0.5, 0.6) is 0 Å². The third-order valence-corrected chi connectivity index (χ3v) is 3.26. The molecule has 20 heavy (non-hydrogen) atoms. The van der Waals surface area contributed by atoms with Crippen LogP contribution in [0.15, 0.2) is 18.2 Å². The van der Waals surface area contributed by atoms with Gasteiger partial charge in [-0.1, -0.05) is 26.0 Å². The molecule has 4 heteroatoms. The van der Waals surface area contributed by atoms with E-state index in [4.69, 9.17) is 0 Å². The molecule has 1 N–H and O–H groups in total. The Morgan fingerprint density at radius 2 is 1.90 bits per heavy atom.